The van der Waals surface area contributed by atoms with Crippen LogP contribution in [0.5, 0.6) is 0 Å². The van der Waals surface area contributed by atoms with E-state index < -0.39 is 0 Å². The lowest BCUT2D eigenvalue weighted by atomic mass is 10.0. The number of halogens is 1. The highest BCUT2D eigenvalue weighted by Crippen LogP contribution is 2.39. The van der Waals surface area contributed by atoms with Crippen LogP contribution in [0, 0.1) is 5.82 Å². The van der Waals surface area contributed by atoms with Crippen LogP contribution in [0.25, 0.3) is 32.6 Å². The second kappa shape index (κ2) is 7.81. The first-order valence-corrected chi connectivity index (χ1v) is 10.0. The molecule has 6 nitrogen and oxygen atoms in total. The highest BCUT2D eigenvalue weighted by molar-refractivity contribution is 7.22. The Labute approximate surface area is 172 Å². The molecule has 0 amide bonds. The van der Waals surface area contributed by atoms with E-state index in [2.05, 4.69) is 15.4 Å². The van der Waals surface area contributed by atoms with E-state index in [4.69, 9.17) is 10.5 Å². The summed E-state index contributed by atoms with van der Waals surface area (Å²) in [5.41, 5.74) is 9.75. The summed E-state index contributed by atoms with van der Waals surface area (Å²) in [6.07, 6.45) is 0. The number of fused-ring (bicyclic) bond motifs is 1. The van der Waals surface area contributed by atoms with Gasteiger partial charge >= 0.3 is 0 Å². The van der Waals surface area contributed by atoms with Gasteiger partial charge in [0.2, 0.25) is 0 Å². The SMILES string of the molecule is COC[C@H](C)Nc1nc2ccc(-c3c(-c4ccccc4F)nn(C)c3N)cc2s1. The third-order valence-electron chi connectivity index (χ3n) is 4.68. The predicted molar refractivity (Wildman–Crippen MR) is 117 cm³/mol. The number of methoxy groups -OCH3 is 1. The van der Waals surface area contributed by atoms with Gasteiger partial charge in [-0.3, -0.25) is 4.68 Å². The van der Waals surface area contributed by atoms with Crippen molar-refractivity contribution in [1.82, 2.24) is 14.8 Å². The number of hydrogen-bond donors (Lipinski definition) is 2. The van der Waals surface area contributed by atoms with Gasteiger partial charge in [0.15, 0.2) is 5.13 Å². The Bertz CT molecular complexity index is 1170. The van der Waals surface area contributed by atoms with E-state index in [1.54, 1.807) is 48.4 Å². The van der Waals surface area contributed by atoms with Crippen LogP contribution >= 0.6 is 11.3 Å². The minimum absolute atomic E-state index is 0.154. The second-order valence-electron chi connectivity index (χ2n) is 6.91. The van der Waals surface area contributed by atoms with Gasteiger partial charge in [0.05, 0.1) is 22.4 Å². The minimum Gasteiger partial charge on any atom is -0.383 e. The van der Waals surface area contributed by atoms with E-state index in [0.29, 0.717) is 23.7 Å². The number of aromatic nitrogens is 3. The molecule has 0 aliphatic rings. The number of nitrogens with zero attached hydrogens (tertiary/aromatic N) is 3. The second-order valence-corrected chi connectivity index (χ2v) is 7.95. The zero-order chi connectivity index (χ0) is 20.5. The predicted octanol–water partition coefficient (Wildman–Crippen LogP) is 4.53. The lowest BCUT2D eigenvalue weighted by Crippen LogP contribution is -2.20. The summed E-state index contributed by atoms with van der Waals surface area (Å²) in [4.78, 5) is 4.63. The van der Waals surface area contributed by atoms with Crippen molar-refractivity contribution in [3.8, 4) is 22.4 Å². The van der Waals surface area contributed by atoms with Crippen molar-refractivity contribution in [1.29, 1.82) is 0 Å². The number of thiazole rings is 1. The van der Waals surface area contributed by atoms with Gasteiger partial charge in [0, 0.05) is 25.8 Å². The quantitative estimate of drug-likeness (QED) is 0.487. The van der Waals surface area contributed by atoms with Gasteiger partial charge < -0.3 is 15.8 Å². The van der Waals surface area contributed by atoms with Gasteiger partial charge in [-0.05, 0) is 36.8 Å². The zero-order valence-corrected chi connectivity index (χ0v) is 17.3. The van der Waals surface area contributed by atoms with Crippen molar-refractivity contribution in [3.63, 3.8) is 0 Å². The molecule has 2 aromatic carbocycles. The lowest BCUT2D eigenvalue weighted by molar-refractivity contribution is 0.190. The largest absolute Gasteiger partial charge is 0.383 e. The molecule has 1 atom stereocenters. The maximum Gasteiger partial charge on any atom is 0.184 e. The molecule has 2 aromatic heterocycles. The molecule has 0 spiro atoms. The number of rotatable bonds is 6. The van der Waals surface area contributed by atoms with Crippen LogP contribution in [0.3, 0.4) is 0 Å². The number of nitrogens with one attached hydrogen (secondary N) is 1. The number of hydrogen-bond acceptors (Lipinski definition) is 6. The molecule has 29 heavy (non-hydrogen) atoms. The van der Waals surface area contributed by atoms with Crippen molar-refractivity contribution in [2.24, 2.45) is 7.05 Å². The third-order valence-corrected chi connectivity index (χ3v) is 5.63. The Balaban J connectivity index is 1.78. The molecule has 0 unspecified atom stereocenters. The molecular weight excluding hydrogens is 389 g/mol. The molecule has 4 aromatic rings. The Morgan fingerprint density at radius 3 is 2.83 bits per heavy atom. The zero-order valence-electron chi connectivity index (χ0n) is 16.4. The van der Waals surface area contributed by atoms with Crippen LogP contribution in [0.1, 0.15) is 6.92 Å². The van der Waals surface area contributed by atoms with Crippen LogP contribution in [-0.4, -0.2) is 34.5 Å². The fourth-order valence-corrected chi connectivity index (χ4v) is 4.32. The first-order chi connectivity index (χ1) is 14.0. The molecule has 8 heteroatoms. The molecule has 4 rings (SSSR count). The first kappa shape index (κ1) is 19.4. The monoisotopic (exact) mass is 411 g/mol. The molecule has 150 valence electrons. The normalized spacial score (nSPS) is 12.4. The van der Waals surface area contributed by atoms with Gasteiger partial charge in [0.25, 0.3) is 0 Å². The molecule has 0 fully saturated rings. The highest BCUT2D eigenvalue weighted by atomic mass is 32.1. The van der Waals surface area contributed by atoms with Gasteiger partial charge in [0.1, 0.15) is 17.3 Å². The van der Waals surface area contributed by atoms with Gasteiger partial charge in [-0.25, -0.2) is 9.37 Å². The van der Waals surface area contributed by atoms with Gasteiger partial charge in [-0.1, -0.05) is 29.5 Å². The van der Waals surface area contributed by atoms with E-state index in [0.717, 1.165) is 26.5 Å². The van der Waals surface area contributed by atoms with Crippen LogP contribution in [0.4, 0.5) is 15.3 Å². The van der Waals surface area contributed by atoms with E-state index >= 15 is 0 Å². The Morgan fingerprint density at radius 2 is 2.07 bits per heavy atom. The molecule has 0 aliphatic carbocycles. The summed E-state index contributed by atoms with van der Waals surface area (Å²) in [6, 6.07) is 12.7. The van der Waals surface area contributed by atoms with Crippen LogP contribution in [0.2, 0.25) is 0 Å². The topological polar surface area (TPSA) is 78.0 Å². The molecular formula is C21H22FN5OS. The minimum atomic E-state index is -0.329. The first-order valence-electron chi connectivity index (χ1n) is 9.21. The van der Waals surface area contributed by atoms with Crippen LogP contribution < -0.4 is 11.1 Å². The molecule has 0 radical (unpaired) electrons. The molecule has 3 N–H and O–H groups in total. The summed E-state index contributed by atoms with van der Waals surface area (Å²) in [5.74, 6) is 0.156. The third kappa shape index (κ3) is 3.68. The molecule has 0 bridgehead atoms. The lowest BCUT2D eigenvalue weighted by Gasteiger charge is -2.10. The fourth-order valence-electron chi connectivity index (χ4n) is 3.31. The molecule has 0 aliphatic heterocycles. The Morgan fingerprint density at radius 1 is 1.28 bits per heavy atom. The number of benzene rings is 2. The standard InChI is InChI=1S/C21H22FN5OS/c1-12(11-28-3)24-21-25-16-9-8-13(10-17(16)29-21)18-19(26-27(2)20(18)23)14-6-4-5-7-15(14)22/h4-10,12H,11,23H2,1-3H3,(H,24,25)/t12-/m0/s1. The van der Waals surface area contributed by atoms with Gasteiger partial charge in [-0.2, -0.15) is 5.10 Å². The fraction of sp³-hybridized carbons (Fsp3) is 0.238. The average Bonchev–Trinajstić information content (AvgIpc) is 3.21. The van der Waals surface area contributed by atoms with E-state index in [1.807, 2.05) is 25.1 Å². The van der Waals surface area contributed by atoms with Crippen LogP contribution in [-0.2, 0) is 11.8 Å². The molecule has 0 saturated carbocycles. The summed E-state index contributed by atoms with van der Waals surface area (Å²) in [6.45, 7) is 2.64. The average molecular weight is 412 g/mol. The van der Waals surface area contributed by atoms with Gasteiger partial charge in [-0.15, -0.1) is 0 Å². The Hall–Kier alpha value is -2.97. The molecule has 2 heterocycles. The maximum atomic E-state index is 14.4. The molecule has 0 saturated heterocycles. The van der Waals surface area contributed by atoms with Crippen LogP contribution in [0.15, 0.2) is 42.5 Å². The number of anilines is 2. The summed E-state index contributed by atoms with van der Waals surface area (Å²) in [7, 11) is 3.43. The van der Waals surface area contributed by atoms with Crippen molar-refractivity contribution in [2.75, 3.05) is 24.8 Å². The number of ether oxygens (including phenoxy) is 1. The summed E-state index contributed by atoms with van der Waals surface area (Å²) in [5, 5.41) is 8.65. The number of aryl methyl sites for hydroxylation is 1. The van der Waals surface area contributed by atoms with E-state index in [-0.39, 0.29) is 11.9 Å². The Kier molecular flexibility index (Phi) is 5.21. The van der Waals surface area contributed by atoms with Crippen molar-refractivity contribution < 1.29 is 9.13 Å². The maximum absolute atomic E-state index is 14.4. The number of nitrogen functional groups attached to an aromatic ring is 1. The van der Waals surface area contributed by atoms with E-state index in [9.17, 15) is 4.39 Å². The highest BCUT2D eigenvalue weighted by Gasteiger charge is 2.20. The number of nitrogens with two attached hydrogens (primary N) is 1. The smallest absolute Gasteiger partial charge is 0.184 e. The summed E-state index contributed by atoms with van der Waals surface area (Å²) < 4.78 is 22.2. The van der Waals surface area contributed by atoms with E-state index in [1.165, 1.54) is 6.07 Å². The van der Waals surface area contributed by atoms with Crippen molar-refractivity contribution >= 4 is 32.5 Å². The summed E-state index contributed by atoms with van der Waals surface area (Å²) >= 11 is 1.56. The van der Waals surface area contributed by atoms with Crippen molar-refractivity contribution in [2.45, 2.75) is 13.0 Å². The van der Waals surface area contributed by atoms with Crippen molar-refractivity contribution in [3.05, 3.63) is 48.3 Å².